The first-order valence-corrected chi connectivity index (χ1v) is 8.80. The molecule has 2 aromatic heterocycles. The van der Waals surface area contributed by atoms with E-state index >= 15 is 0 Å². The van der Waals surface area contributed by atoms with Crippen LogP contribution in [0.4, 0.5) is 0 Å². The molecule has 130 valence electrons. The van der Waals surface area contributed by atoms with E-state index in [1.807, 2.05) is 0 Å². The SMILES string of the molecule is Cc1csc2c1c(=O)n(Cc1ccc(Cl)c(Cl)c1)c(=O)n2CC(=O)O. The van der Waals surface area contributed by atoms with Gasteiger partial charge in [0, 0.05) is 0 Å². The molecular formula is C16H12Cl2N2O4S. The first-order valence-electron chi connectivity index (χ1n) is 7.16. The molecule has 0 spiro atoms. The van der Waals surface area contributed by atoms with Crippen LogP contribution >= 0.6 is 34.5 Å². The minimum Gasteiger partial charge on any atom is -0.480 e. The average Bonchev–Trinajstić information content (AvgIpc) is 2.93. The number of aliphatic carboxylic acids is 1. The van der Waals surface area contributed by atoms with Crippen LogP contribution in [0, 0.1) is 6.92 Å². The molecule has 0 amide bonds. The second kappa shape index (κ2) is 6.67. The maximum Gasteiger partial charge on any atom is 0.332 e. The third-order valence-corrected chi connectivity index (χ3v) is 5.60. The van der Waals surface area contributed by atoms with Crippen molar-refractivity contribution in [1.82, 2.24) is 9.13 Å². The number of carbonyl (C=O) groups is 1. The highest BCUT2D eigenvalue weighted by molar-refractivity contribution is 7.17. The Morgan fingerprint density at radius 1 is 1.20 bits per heavy atom. The Kier molecular flexibility index (Phi) is 4.73. The number of thiophene rings is 1. The van der Waals surface area contributed by atoms with E-state index in [1.54, 1.807) is 30.5 Å². The maximum atomic E-state index is 12.8. The third-order valence-electron chi connectivity index (χ3n) is 3.74. The molecule has 6 nitrogen and oxygen atoms in total. The normalized spacial score (nSPS) is 11.2. The fourth-order valence-electron chi connectivity index (χ4n) is 2.58. The molecule has 9 heteroatoms. The van der Waals surface area contributed by atoms with E-state index in [0.717, 1.165) is 9.13 Å². The molecule has 0 atom stereocenters. The number of carboxylic acid groups (broad SMARTS) is 1. The number of benzene rings is 1. The lowest BCUT2D eigenvalue weighted by atomic mass is 10.2. The highest BCUT2D eigenvalue weighted by atomic mass is 35.5. The standard InChI is InChI=1S/C16H12Cl2N2O4S/c1-8-7-25-15-13(8)14(23)19(16(24)20(15)6-12(21)22)5-9-2-3-10(17)11(18)4-9/h2-4,7H,5-6H2,1H3,(H,21,22). The maximum absolute atomic E-state index is 12.8. The Morgan fingerprint density at radius 3 is 2.56 bits per heavy atom. The molecule has 0 saturated heterocycles. The van der Waals surface area contributed by atoms with Crippen LogP contribution < -0.4 is 11.2 Å². The summed E-state index contributed by atoms with van der Waals surface area (Å²) < 4.78 is 2.12. The van der Waals surface area contributed by atoms with Crippen molar-refractivity contribution < 1.29 is 9.90 Å². The Morgan fingerprint density at radius 2 is 1.92 bits per heavy atom. The zero-order chi connectivity index (χ0) is 18.3. The lowest BCUT2D eigenvalue weighted by Crippen LogP contribution is -2.41. The molecule has 1 aromatic carbocycles. The quantitative estimate of drug-likeness (QED) is 0.732. The Bertz CT molecular complexity index is 1110. The summed E-state index contributed by atoms with van der Waals surface area (Å²) in [4.78, 5) is 37.0. The summed E-state index contributed by atoms with van der Waals surface area (Å²) in [5, 5.41) is 11.9. The Labute approximate surface area is 155 Å². The molecule has 0 saturated carbocycles. The van der Waals surface area contributed by atoms with E-state index in [-0.39, 0.29) is 6.54 Å². The summed E-state index contributed by atoms with van der Waals surface area (Å²) in [6, 6.07) is 4.81. The van der Waals surface area contributed by atoms with Crippen LogP contribution in [-0.4, -0.2) is 20.2 Å². The first-order chi connectivity index (χ1) is 11.8. The molecule has 0 fully saturated rings. The molecule has 3 rings (SSSR count). The van der Waals surface area contributed by atoms with Crippen molar-refractivity contribution in [1.29, 1.82) is 0 Å². The van der Waals surface area contributed by atoms with Gasteiger partial charge in [-0.2, -0.15) is 0 Å². The smallest absolute Gasteiger partial charge is 0.332 e. The van der Waals surface area contributed by atoms with Crippen molar-refractivity contribution in [2.24, 2.45) is 0 Å². The van der Waals surface area contributed by atoms with Gasteiger partial charge in [0.2, 0.25) is 0 Å². The number of halogens is 2. The van der Waals surface area contributed by atoms with E-state index < -0.39 is 23.8 Å². The summed E-state index contributed by atoms with van der Waals surface area (Å²) in [5.74, 6) is -1.16. The van der Waals surface area contributed by atoms with Gasteiger partial charge in [0.1, 0.15) is 11.4 Å². The number of aryl methyl sites for hydroxylation is 1. The van der Waals surface area contributed by atoms with Crippen molar-refractivity contribution in [3.05, 3.63) is 65.6 Å². The van der Waals surface area contributed by atoms with E-state index in [4.69, 9.17) is 28.3 Å². The molecule has 0 unspecified atom stereocenters. The van der Waals surface area contributed by atoms with Gasteiger partial charge in [-0.3, -0.25) is 18.7 Å². The summed E-state index contributed by atoms with van der Waals surface area (Å²) in [6.07, 6.45) is 0. The van der Waals surface area contributed by atoms with Gasteiger partial charge in [-0.15, -0.1) is 11.3 Å². The van der Waals surface area contributed by atoms with Crippen LogP contribution in [0.25, 0.3) is 10.2 Å². The van der Waals surface area contributed by atoms with Crippen molar-refractivity contribution >= 4 is 50.7 Å². The van der Waals surface area contributed by atoms with Crippen LogP contribution in [0.2, 0.25) is 10.0 Å². The van der Waals surface area contributed by atoms with Gasteiger partial charge in [-0.1, -0.05) is 29.3 Å². The zero-order valence-corrected chi connectivity index (χ0v) is 15.3. The first kappa shape index (κ1) is 17.7. The number of aromatic nitrogens is 2. The second-order valence-corrected chi connectivity index (χ2v) is 7.17. The number of hydrogen-bond acceptors (Lipinski definition) is 4. The lowest BCUT2D eigenvalue weighted by Gasteiger charge is -2.11. The van der Waals surface area contributed by atoms with Gasteiger partial charge < -0.3 is 5.11 Å². The van der Waals surface area contributed by atoms with Gasteiger partial charge in [-0.25, -0.2) is 4.79 Å². The molecule has 0 aliphatic heterocycles. The monoisotopic (exact) mass is 398 g/mol. The van der Waals surface area contributed by atoms with Crippen LogP contribution in [0.15, 0.2) is 33.2 Å². The van der Waals surface area contributed by atoms with E-state index in [2.05, 4.69) is 0 Å². The van der Waals surface area contributed by atoms with Gasteiger partial charge in [0.25, 0.3) is 5.56 Å². The molecule has 2 heterocycles. The molecule has 25 heavy (non-hydrogen) atoms. The largest absolute Gasteiger partial charge is 0.480 e. The summed E-state index contributed by atoms with van der Waals surface area (Å²) in [6.45, 7) is 1.20. The van der Waals surface area contributed by atoms with Gasteiger partial charge in [0.05, 0.1) is 22.0 Å². The zero-order valence-electron chi connectivity index (χ0n) is 13.0. The third kappa shape index (κ3) is 3.22. The minimum atomic E-state index is -1.16. The van der Waals surface area contributed by atoms with Crippen LogP contribution in [0.3, 0.4) is 0 Å². The lowest BCUT2D eigenvalue weighted by molar-refractivity contribution is -0.137. The number of fused-ring (bicyclic) bond motifs is 1. The molecular weight excluding hydrogens is 387 g/mol. The predicted octanol–water partition coefficient (Wildman–Crippen LogP) is 2.97. The number of carboxylic acids is 1. The Hall–Kier alpha value is -2.09. The molecule has 0 radical (unpaired) electrons. The summed E-state index contributed by atoms with van der Waals surface area (Å²) >= 11 is 13.0. The topological polar surface area (TPSA) is 81.3 Å². The molecule has 1 N–H and O–H groups in total. The number of hydrogen-bond donors (Lipinski definition) is 1. The number of nitrogens with zero attached hydrogens (tertiary/aromatic N) is 2. The molecule has 0 aliphatic rings. The molecule has 0 aliphatic carbocycles. The summed E-state index contributed by atoms with van der Waals surface area (Å²) in [7, 11) is 0. The molecule has 0 bridgehead atoms. The fourth-order valence-corrected chi connectivity index (χ4v) is 3.94. The summed E-state index contributed by atoms with van der Waals surface area (Å²) in [5.41, 5.74) is 0.189. The highest BCUT2D eigenvalue weighted by Gasteiger charge is 2.18. The van der Waals surface area contributed by atoms with Crippen molar-refractivity contribution in [3.8, 4) is 0 Å². The highest BCUT2D eigenvalue weighted by Crippen LogP contribution is 2.24. The van der Waals surface area contributed by atoms with E-state index in [9.17, 15) is 14.4 Å². The fraction of sp³-hybridized carbons (Fsp3) is 0.188. The average molecular weight is 399 g/mol. The van der Waals surface area contributed by atoms with Crippen LogP contribution in [0.5, 0.6) is 0 Å². The van der Waals surface area contributed by atoms with Crippen molar-refractivity contribution in [2.45, 2.75) is 20.0 Å². The van der Waals surface area contributed by atoms with Crippen molar-refractivity contribution in [3.63, 3.8) is 0 Å². The number of rotatable bonds is 4. The second-order valence-electron chi connectivity index (χ2n) is 5.50. The van der Waals surface area contributed by atoms with Crippen molar-refractivity contribution in [2.75, 3.05) is 0 Å². The minimum absolute atomic E-state index is 0.0284. The Balaban J connectivity index is 2.25. The van der Waals surface area contributed by atoms with Gasteiger partial charge in [0.15, 0.2) is 0 Å². The van der Waals surface area contributed by atoms with Gasteiger partial charge in [-0.05, 0) is 35.6 Å². The predicted molar refractivity (Wildman–Crippen MR) is 98.3 cm³/mol. The van der Waals surface area contributed by atoms with Crippen LogP contribution in [0.1, 0.15) is 11.1 Å². The molecule has 3 aromatic rings. The van der Waals surface area contributed by atoms with E-state index in [1.165, 1.54) is 11.3 Å². The van der Waals surface area contributed by atoms with Crippen LogP contribution in [-0.2, 0) is 17.9 Å². The van der Waals surface area contributed by atoms with E-state index in [0.29, 0.717) is 31.4 Å². The van der Waals surface area contributed by atoms with Gasteiger partial charge >= 0.3 is 11.7 Å².